The van der Waals surface area contributed by atoms with Crippen LogP contribution in [0, 0.1) is 0 Å². The summed E-state index contributed by atoms with van der Waals surface area (Å²) < 4.78 is 0. The molecule has 0 saturated heterocycles. The fraction of sp³-hybridized carbons (Fsp3) is 0.0667. The molecule has 114 valence electrons. The highest BCUT2D eigenvalue weighted by atomic mass is 35.5. The first-order valence-electron chi connectivity index (χ1n) is 6.28. The van der Waals surface area contributed by atoms with E-state index in [0.29, 0.717) is 5.69 Å². The highest BCUT2D eigenvalue weighted by Crippen LogP contribution is 2.34. The van der Waals surface area contributed by atoms with Crippen LogP contribution in [0.3, 0.4) is 0 Å². The molecule has 4 nitrogen and oxygen atoms in total. The molecule has 2 rings (SSSR count). The summed E-state index contributed by atoms with van der Waals surface area (Å²) in [5.74, 6) is -0.437. The number of hydrogen-bond acceptors (Lipinski definition) is 3. The molecular weight excluding hydrogens is 343 g/mol. The first-order chi connectivity index (χ1) is 10.5. The molecule has 0 bridgehead atoms. The number of halogens is 2. The Labute approximate surface area is 143 Å². The summed E-state index contributed by atoms with van der Waals surface area (Å²) in [4.78, 5) is 11.9. The smallest absolute Gasteiger partial charge is 0.230 e. The molecule has 0 radical (unpaired) electrons. The average molecular weight is 355 g/mol. The van der Waals surface area contributed by atoms with Gasteiger partial charge in [-0.05, 0) is 29.9 Å². The molecule has 0 aliphatic carbocycles. The molecule has 2 aromatic carbocycles. The van der Waals surface area contributed by atoms with E-state index >= 15 is 0 Å². The summed E-state index contributed by atoms with van der Waals surface area (Å²) in [6.07, 6.45) is 0.222. The van der Waals surface area contributed by atoms with Crippen molar-refractivity contribution in [2.24, 2.45) is 0 Å². The van der Waals surface area contributed by atoms with Gasteiger partial charge in [0, 0.05) is 5.69 Å². The van der Waals surface area contributed by atoms with Crippen LogP contribution in [0.15, 0.2) is 42.5 Å². The monoisotopic (exact) mass is 354 g/mol. The normalized spacial score (nSPS) is 10.1. The molecule has 0 fully saturated rings. The van der Waals surface area contributed by atoms with Crippen molar-refractivity contribution in [1.82, 2.24) is 5.32 Å². The van der Waals surface area contributed by atoms with E-state index in [-0.39, 0.29) is 33.2 Å². The molecule has 7 heteroatoms. The fourth-order valence-corrected chi connectivity index (χ4v) is 2.47. The number of aromatic hydroxyl groups is 1. The van der Waals surface area contributed by atoms with Gasteiger partial charge in [0.1, 0.15) is 0 Å². The minimum absolute atomic E-state index is 0.0911. The van der Waals surface area contributed by atoms with Crippen LogP contribution in [0.4, 0.5) is 5.69 Å². The van der Waals surface area contributed by atoms with Gasteiger partial charge in [0.05, 0.1) is 16.5 Å². The Kier molecular flexibility index (Phi) is 5.60. The number of nitrogens with one attached hydrogen (secondary N) is 2. The Bertz CT molecular complexity index is 685. The molecule has 0 saturated carbocycles. The van der Waals surface area contributed by atoms with Gasteiger partial charge >= 0.3 is 0 Å². The van der Waals surface area contributed by atoms with E-state index in [1.54, 1.807) is 0 Å². The number of amides is 1. The highest BCUT2D eigenvalue weighted by Gasteiger charge is 2.09. The van der Waals surface area contributed by atoms with Gasteiger partial charge in [0.25, 0.3) is 0 Å². The molecule has 0 aliphatic rings. The third-order valence-electron chi connectivity index (χ3n) is 2.74. The fourth-order valence-electron chi connectivity index (χ4n) is 1.75. The Hall–Kier alpha value is -1.82. The lowest BCUT2D eigenvalue weighted by Gasteiger charge is -2.11. The van der Waals surface area contributed by atoms with Gasteiger partial charge in [-0.2, -0.15) is 0 Å². The Morgan fingerprint density at radius 2 is 1.73 bits per heavy atom. The summed E-state index contributed by atoms with van der Waals surface area (Å²) in [7, 11) is 0. The first-order valence-corrected chi connectivity index (χ1v) is 7.45. The third-order valence-corrected chi connectivity index (χ3v) is 3.52. The number of benzene rings is 2. The van der Waals surface area contributed by atoms with Crippen molar-refractivity contribution in [2.45, 2.75) is 6.42 Å². The number of thiocarbonyl (C=S) groups is 1. The van der Waals surface area contributed by atoms with Gasteiger partial charge in [-0.25, -0.2) is 0 Å². The summed E-state index contributed by atoms with van der Waals surface area (Å²) >= 11 is 16.7. The number of phenolic OH excluding ortho intramolecular Hbond substituents is 1. The molecule has 0 unspecified atom stereocenters. The zero-order chi connectivity index (χ0) is 16.1. The molecule has 22 heavy (non-hydrogen) atoms. The standard InChI is InChI=1S/C15H12Cl2N2O2S/c16-11-7-10(8-12(17)14(11)21)18-15(22)19-13(20)6-9-4-2-1-3-5-9/h1-5,7-8,21H,6H2,(H2,18,19,20,22). The second-order valence-electron chi connectivity index (χ2n) is 4.45. The average Bonchev–Trinajstić information content (AvgIpc) is 2.45. The van der Waals surface area contributed by atoms with E-state index in [9.17, 15) is 9.90 Å². The van der Waals surface area contributed by atoms with Crippen LogP contribution >= 0.6 is 35.4 Å². The van der Waals surface area contributed by atoms with Crippen LogP contribution in [-0.4, -0.2) is 16.1 Å². The Morgan fingerprint density at radius 1 is 1.14 bits per heavy atom. The highest BCUT2D eigenvalue weighted by molar-refractivity contribution is 7.80. The number of hydrogen-bond donors (Lipinski definition) is 3. The van der Waals surface area contributed by atoms with E-state index in [0.717, 1.165) is 5.56 Å². The van der Waals surface area contributed by atoms with Gasteiger partial charge in [0.2, 0.25) is 5.91 Å². The molecule has 0 spiro atoms. The van der Waals surface area contributed by atoms with Gasteiger partial charge < -0.3 is 15.7 Å². The Morgan fingerprint density at radius 3 is 2.32 bits per heavy atom. The zero-order valence-electron chi connectivity index (χ0n) is 11.3. The number of phenols is 1. The van der Waals surface area contributed by atoms with Gasteiger partial charge in [-0.1, -0.05) is 53.5 Å². The van der Waals surface area contributed by atoms with E-state index in [1.807, 2.05) is 30.3 Å². The summed E-state index contributed by atoms with van der Waals surface area (Å²) in [6, 6.07) is 12.2. The van der Waals surface area contributed by atoms with E-state index in [2.05, 4.69) is 10.6 Å². The van der Waals surface area contributed by atoms with E-state index in [4.69, 9.17) is 35.4 Å². The van der Waals surface area contributed by atoms with E-state index < -0.39 is 0 Å². The first kappa shape index (κ1) is 16.5. The maximum Gasteiger partial charge on any atom is 0.230 e. The summed E-state index contributed by atoms with van der Waals surface area (Å²) in [5.41, 5.74) is 1.36. The van der Waals surface area contributed by atoms with Crippen LogP contribution in [0.1, 0.15) is 5.56 Å². The van der Waals surface area contributed by atoms with Crippen LogP contribution in [-0.2, 0) is 11.2 Å². The maximum atomic E-state index is 11.9. The van der Waals surface area contributed by atoms with Gasteiger partial charge in [0.15, 0.2) is 10.9 Å². The molecule has 2 aromatic rings. The molecule has 3 N–H and O–H groups in total. The van der Waals surface area contributed by atoms with Crippen molar-refractivity contribution in [3.8, 4) is 5.75 Å². The van der Waals surface area contributed by atoms with Crippen LogP contribution in [0.5, 0.6) is 5.75 Å². The second kappa shape index (κ2) is 7.45. The zero-order valence-corrected chi connectivity index (χ0v) is 13.6. The number of rotatable bonds is 3. The lowest BCUT2D eigenvalue weighted by Crippen LogP contribution is -2.35. The number of anilines is 1. The molecule has 0 aliphatic heterocycles. The predicted molar refractivity (Wildman–Crippen MR) is 92.6 cm³/mol. The number of carbonyl (C=O) groups is 1. The molecule has 1 amide bonds. The lowest BCUT2D eigenvalue weighted by atomic mass is 10.1. The molecular formula is C15H12Cl2N2O2S. The summed E-state index contributed by atoms with van der Waals surface area (Å²) in [5, 5.41) is 15.1. The van der Waals surface area contributed by atoms with Gasteiger partial charge in [-0.3, -0.25) is 4.79 Å². The van der Waals surface area contributed by atoms with E-state index in [1.165, 1.54) is 12.1 Å². The maximum absolute atomic E-state index is 11.9. The van der Waals surface area contributed by atoms with Crippen molar-refractivity contribution < 1.29 is 9.90 Å². The minimum Gasteiger partial charge on any atom is -0.505 e. The van der Waals surface area contributed by atoms with Crippen molar-refractivity contribution in [1.29, 1.82) is 0 Å². The van der Waals surface area contributed by atoms with Crippen molar-refractivity contribution in [3.63, 3.8) is 0 Å². The van der Waals surface area contributed by atoms with Crippen LogP contribution in [0.25, 0.3) is 0 Å². The second-order valence-corrected chi connectivity index (χ2v) is 5.68. The summed E-state index contributed by atoms with van der Waals surface area (Å²) in [6.45, 7) is 0. The molecule has 0 heterocycles. The van der Waals surface area contributed by atoms with Gasteiger partial charge in [-0.15, -0.1) is 0 Å². The number of carbonyl (C=O) groups excluding carboxylic acids is 1. The SMILES string of the molecule is O=C(Cc1ccccc1)NC(=S)Nc1cc(Cl)c(O)c(Cl)c1. The predicted octanol–water partition coefficient (Wildman–Crippen LogP) is 3.75. The largest absolute Gasteiger partial charge is 0.505 e. The van der Waals surface area contributed by atoms with Crippen molar-refractivity contribution in [2.75, 3.05) is 5.32 Å². The van der Waals surface area contributed by atoms with Crippen molar-refractivity contribution >= 4 is 52.1 Å². The lowest BCUT2D eigenvalue weighted by molar-refractivity contribution is -0.119. The topological polar surface area (TPSA) is 61.4 Å². The molecule has 0 aromatic heterocycles. The van der Waals surface area contributed by atoms with Crippen LogP contribution < -0.4 is 10.6 Å². The minimum atomic E-state index is -0.236. The quantitative estimate of drug-likeness (QED) is 0.580. The Balaban J connectivity index is 1.94. The van der Waals surface area contributed by atoms with Crippen molar-refractivity contribution in [3.05, 3.63) is 58.1 Å². The third kappa shape index (κ3) is 4.59. The molecule has 0 atom stereocenters. The van der Waals surface area contributed by atoms with Crippen LogP contribution in [0.2, 0.25) is 10.0 Å².